The minimum absolute atomic E-state index is 0.280. The van der Waals surface area contributed by atoms with E-state index in [-0.39, 0.29) is 11.3 Å². The molecular weight excluding hydrogens is 342 g/mol. The van der Waals surface area contributed by atoms with Crippen LogP contribution < -0.4 is 10.1 Å². The molecule has 0 radical (unpaired) electrons. The number of carbonyl (C=O) groups is 1. The van der Waals surface area contributed by atoms with Gasteiger partial charge in [0.2, 0.25) is 0 Å². The molecule has 2 aromatic rings. The maximum atomic E-state index is 14.5. The van der Waals surface area contributed by atoms with E-state index in [1.807, 2.05) is 5.32 Å². The Hall–Kier alpha value is -3.40. The summed E-state index contributed by atoms with van der Waals surface area (Å²) in [6, 6.07) is 7.75. The van der Waals surface area contributed by atoms with Gasteiger partial charge >= 0.3 is 12.0 Å². The van der Waals surface area contributed by atoms with Gasteiger partial charge in [0, 0.05) is 0 Å². The van der Waals surface area contributed by atoms with Crippen LogP contribution in [-0.2, 0) is 0 Å². The molecule has 0 amide bonds. The third-order valence-electron chi connectivity index (χ3n) is 3.64. The Morgan fingerprint density at radius 3 is 2.58 bits per heavy atom. The number of carboxylic acids is 1. The van der Waals surface area contributed by atoms with Crippen LogP contribution >= 0.6 is 0 Å². The van der Waals surface area contributed by atoms with Crippen LogP contribution in [0.25, 0.3) is 6.08 Å². The highest BCUT2D eigenvalue weighted by Crippen LogP contribution is 2.30. The summed E-state index contributed by atoms with van der Waals surface area (Å²) in [7, 11) is 1.50. The van der Waals surface area contributed by atoms with E-state index in [0.717, 1.165) is 11.6 Å². The van der Waals surface area contributed by atoms with Crippen molar-refractivity contribution in [2.75, 3.05) is 12.4 Å². The normalized spacial score (nSPS) is 11.6. The molecule has 0 fully saturated rings. The molecule has 0 aliphatic heterocycles. The van der Waals surface area contributed by atoms with Gasteiger partial charge in [-0.25, -0.2) is 4.79 Å². The average molecular weight is 358 g/mol. The summed E-state index contributed by atoms with van der Waals surface area (Å²) >= 11 is 0. The first kappa shape index (κ1) is 18.9. The van der Waals surface area contributed by atoms with Gasteiger partial charge in [0.15, 0.2) is 0 Å². The molecule has 0 saturated heterocycles. The molecular formula is C19H16F2N2O3. The Balaban J connectivity index is 2.38. The number of halogens is 2. The van der Waals surface area contributed by atoms with Crippen LogP contribution in [0.3, 0.4) is 0 Å². The third kappa shape index (κ3) is 4.16. The van der Waals surface area contributed by atoms with E-state index < -0.39 is 17.6 Å². The highest BCUT2D eigenvalue weighted by molar-refractivity contribution is 5.94. The molecule has 2 rings (SSSR count). The number of methoxy groups -OCH3 is 1. The molecule has 0 bridgehead atoms. The van der Waals surface area contributed by atoms with Gasteiger partial charge in [-0.2, -0.15) is 14.0 Å². The molecule has 0 aromatic heterocycles. The Morgan fingerprint density at radius 2 is 2.00 bits per heavy atom. The number of hydrogen-bond acceptors (Lipinski definition) is 4. The van der Waals surface area contributed by atoms with Crippen molar-refractivity contribution in [3.63, 3.8) is 0 Å². The molecule has 0 aliphatic rings. The van der Waals surface area contributed by atoms with Gasteiger partial charge in [0.1, 0.15) is 17.4 Å². The second kappa shape index (κ2) is 7.66. The first-order valence-electron chi connectivity index (χ1n) is 7.53. The fraction of sp³-hybridized carbons (Fsp3) is 0.158. The number of aryl methyl sites for hydroxylation is 1. The molecule has 7 heteroatoms. The highest BCUT2D eigenvalue weighted by Gasteiger charge is 2.35. The van der Waals surface area contributed by atoms with E-state index in [0.29, 0.717) is 11.3 Å². The minimum Gasteiger partial charge on any atom is -0.496 e. The molecule has 134 valence electrons. The number of nitrogens with zero attached hydrogens (tertiary/aromatic N) is 1. The van der Waals surface area contributed by atoms with Crippen LogP contribution in [0.2, 0.25) is 0 Å². The van der Waals surface area contributed by atoms with Gasteiger partial charge in [-0.05, 0) is 48.4 Å². The SMILES string of the molecule is COc1ccc(/C=C(\C#N)C(F)(F)Nc2ccccc2C(=O)O)cc1C. The number of nitrogens with one attached hydrogen (secondary N) is 1. The van der Waals surface area contributed by atoms with E-state index >= 15 is 0 Å². The van der Waals surface area contributed by atoms with Crippen molar-refractivity contribution in [2.45, 2.75) is 13.0 Å². The van der Waals surface area contributed by atoms with E-state index in [1.165, 1.54) is 37.4 Å². The van der Waals surface area contributed by atoms with Crippen molar-refractivity contribution in [3.05, 3.63) is 64.7 Å². The number of benzene rings is 2. The third-order valence-corrected chi connectivity index (χ3v) is 3.64. The first-order chi connectivity index (χ1) is 12.3. The zero-order valence-corrected chi connectivity index (χ0v) is 14.1. The monoisotopic (exact) mass is 358 g/mol. The summed E-state index contributed by atoms with van der Waals surface area (Å²) in [5, 5.41) is 20.1. The highest BCUT2D eigenvalue weighted by atomic mass is 19.3. The standard InChI is InChI=1S/C19H16F2N2O3/c1-12-9-13(7-8-17(12)26-2)10-14(11-22)19(20,21)23-16-6-4-3-5-15(16)18(24)25/h3-10,23H,1-2H3,(H,24,25)/b14-10+. The van der Waals surface area contributed by atoms with E-state index in [4.69, 9.17) is 9.84 Å². The number of aromatic carboxylic acids is 1. The minimum atomic E-state index is -3.76. The van der Waals surface area contributed by atoms with Crippen molar-refractivity contribution >= 4 is 17.7 Å². The van der Waals surface area contributed by atoms with Gasteiger partial charge < -0.3 is 15.2 Å². The number of para-hydroxylation sites is 1. The smallest absolute Gasteiger partial charge is 0.360 e. The Morgan fingerprint density at radius 1 is 1.31 bits per heavy atom. The number of nitriles is 1. The topological polar surface area (TPSA) is 82.3 Å². The molecule has 0 heterocycles. The Kier molecular flexibility index (Phi) is 5.58. The largest absolute Gasteiger partial charge is 0.496 e. The summed E-state index contributed by atoms with van der Waals surface area (Å²) in [4.78, 5) is 11.2. The number of anilines is 1. The summed E-state index contributed by atoms with van der Waals surface area (Å²) in [6.07, 6.45) is 1.04. The lowest BCUT2D eigenvalue weighted by molar-refractivity contribution is 0.0693. The predicted molar refractivity (Wildman–Crippen MR) is 93.3 cm³/mol. The number of alkyl halides is 2. The molecule has 0 spiro atoms. The number of hydrogen-bond donors (Lipinski definition) is 2. The molecule has 0 unspecified atom stereocenters. The van der Waals surface area contributed by atoms with Crippen molar-refractivity contribution in [1.82, 2.24) is 0 Å². The summed E-state index contributed by atoms with van der Waals surface area (Å²) in [5.41, 5.74) is -0.317. The summed E-state index contributed by atoms with van der Waals surface area (Å²) in [6.45, 7) is 1.75. The molecule has 2 aromatic carbocycles. The first-order valence-corrected chi connectivity index (χ1v) is 7.53. The van der Waals surface area contributed by atoms with E-state index in [1.54, 1.807) is 25.1 Å². The molecule has 2 N–H and O–H groups in total. The summed E-state index contributed by atoms with van der Waals surface area (Å²) < 4.78 is 34.2. The van der Waals surface area contributed by atoms with Crippen LogP contribution in [0.4, 0.5) is 14.5 Å². The van der Waals surface area contributed by atoms with E-state index in [2.05, 4.69) is 0 Å². The average Bonchev–Trinajstić information content (AvgIpc) is 2.59. The molecule has 26 heavy (non-hydrogen) atoms. The predicted octanol–water partition coefficient (Wildman–Crippen LogP) is 4.31. The lowest BCUT2D eigenvalue weighted by Gasteiger charge is -2.19. The fourth-order valence-electron chi connectivity index (χ4n) is 2.37. The van der Waals surface area contributed by atoms with Crippen molar-refractivity contribution in [1.29, 1.82) is 5.26 Å². The maximum Gasteiger partial charge on any atom is 0.360 e. The number of ether oxygens (including phenoxy) is 1. The molecule has 0 saturated carbocycles. The summed E-state index contributed by atoms with van der Waals surface area (Å²) in [5.74, 6) is -0.752. The lowest BCUT2D eigenvalue weighted by Crippen LogP contribution is -2.30. The zero-order valence-electron chi connectivity index (χ0n) is 14.1. The van der Waals surface area contributed by atoms with Crippen LogP contribution in [-0.4, -0.2) is 24.2 Å². The Labute approximate surface area is 149 Å². The zero-order chi connectivity index (χ0) is 19.3. The van der Waals surface area contributed by atoms with Gasteiger partial charge in [-0.3, -0.25) is 0 Å². The Bertz CT molecular complexity index is 902. The van der Waals surface area contributed by atoms with Gasteiger partial charge in [-0.1, -0.05) is 18.2 Å². The number of rotatable bonds is 6. The second-order valence-electron chi connectivity index (χ2n) is 5.45. The quantitative estimate of drug-likeness (QED) is 0.594. The van der Waals surface area contributed by atoms with Crippen molar-refractivity contribution in [2.24, 2.45) is 0 Å². The molecule has 0 atom stereocenters. The van der Waals surface area contributed by atoms with Gasteiger partial charge in [-0.15, -0.1) is 0 Å². The van der Waals surface area contributed by atoms with Crippen LogP contribution in [0.5, 0.6) is 5.75 Å². The maximum absolute atomic E-state index is 14.5. The molecule has 0 aliphatic carbocycles. The number of carboxylic acid groups (broad SMARTS) is 1. The van der Waals surface area contributed by atoms with Crippen LogP contribution in [0, 0.1) is 18.3 Å². The van der Waals surface area contributed by atoms with Crippen molar-refractivity contribution < 1.29 is 23.4 Å². The van der Waals surface area contributed by atoms with Gasteiger partial charge in [0.05, 0.1) is 18.4 Å². The molecule has 5 nitrogen and oxygen atoms in total. The van der Waals surface area contributed by atoms with Crippen LogP contribution in [0.1, 0.15) is 21.5 Å². The lowest BCUT2D eigenvalue weighted by atomic mass is 10.1. The van der Waals surface area contributed by atoms with Crippen LogP contribution in [0.15, 0.2) is 48.0 Å². The second-order valence-corrected chi connectivity index (χ2v) is 5.45. The van der Waals surface area contributed by atoms with Gasteiger partial charge in [0.25, 0.3) is 0 Å². The van der Waals surface area contributed by atoms with E-state index in [9.17, 15) is 18.8 Å². The fourth-order valence-corrected chi connectivity index (χ4v) is 2.37. The van der Waals surface area contributed by atoms with Crippen molar-refractivity contribution in [3.8, 4) is 11.8 Å².